The Morgan fingerprint density at radius 2 is 1.78 bits per heavy atom. The summed E-state index contributed by atoms with van der Waals surface area (Å²) in [6.45, 7) is 1.64. The summed E-state index contributed by atoms with van der Waals surface area (Å²) < 4.78 is 1.21. The Kier molecular flexibility index (Phi) is 5.92. The van der Waals surface area contributed by atoms with Gasteiger partial charge in [-0.15, -0.1) is 11.3 Å². The summed E-state index contributed by atoms with van der Waals surface area (Å²) in [5.41, 5.74) is 6.73. The third-order valence-corrected chi connectivity index (χ3v) is 7.42. The molecule has 0 atom stereocenters. The number of thiophene rings is 1. The molecule has 0 spiro atoms. The van der Waals surface area contributed by atoms with E-state index in [0.717, 1.165) is 45.8 Å². The maximum atomic E-state index is 9.84. The molecule has 3 heterocycles. The van der Waals surface area contributed by atoms with E-state index in [1.165, 1.54) is 21.2 Å². The van der Waals surface area contributed by atoms with Crippen molar-refractivity contribution in [1.82, 2.24) is 15.3 Å². The summed E-state index contributed by atoms with van der Waals surface area (Å²) >= 11 is 1.71. The number of H-pyrrole nitrogens is 1. The van der Waals surface area contributed by atoms with E-state index in [9.17, 15) is 5.26 Å². The molecule has 6 rings (SSSR count). The second-order valence-electron chi connectivity index (χ2n) is 8.66. The average molecular weight is 486 g/mol. The molecule has 0 amide bonds. The molecule has 0 fully saturated rings. The summed E-state index contributed by atoms with van der Waals surface area (Å²) in [5.74, 6) is 0. The number of nitriles is 1. The molecular formula is C30H23N5S. The minimum Gasteiger partial charge on any atom is -0.361 e. The van der Waals surface area contributed by atoms with Gasteiger partial charge in [-0.2, -0.15) is 5.26 Å². The van der Waals surface area contributed by atoms with Crippen molar-refractivity contribution in [2.75, 3.05) is 5.32 Å². The third-order valence-electron chi connectivity index (χ3n) is 6.27. The van der Waals surface area contributed by atoms with Crippen molar-refractivity contribution in [2.45, 2.75) is 13.1 Å². The number of aromatic nitrogens is 2. The maximum Gasteiger partial charge on any atom is 0.103 e. The Hall–Kier alpha value is -4.44. The van der Waals surface area contributed by atoms with E-state index in [4.69, 9.17) is 0 Å². The van der Waals surface area contributed by atoms with Crippen LogP contribution in [0, 0.1) is 11.3 Å². The summed E-state index contributed by atoms with van der Waals surface area (Å²) in [6, 6.07) is 29.6. The van der Waals surface area contributed by atoms with Gasteiger partial charge in [-0.1, -0.05) is 42.5 Å². The van der Waals surface area contributed by atoms with Crippen molar-refractivity contribution in [1.29, 1.82) is 5.26 Å². The summed E-state index contributed by atoms with van der Waals surface area (Å²) in [6.07, 6.45) is 5.38. The fraction of sp³-hybridized carbons (Fsp3) is 0.0667. The number of nitrogens with one attached hydrogen (secondary N) is 3. The Bertz CT molecular complexity index is 1710. The number of anilines is 2. The Balaban J connectivity index is 1.31. The first-order valence-corrected chi connectivity index (χ1v) is 12.6. The van der Waals surface area contributed by atoms with Crippen molar-refractivity contribution in [2.24, 2.45) is 0 Å². The molecule has 3 aromatic carbocycles. The highest BCUT2D eigenvalue weighted by Gasteiger charge is 2.15. The van der Waals surface area contributed by atoms with E-state index in [2.05, 4.69) is 75.2 Å². The zero-order valence-electron chi connectivity index (χ0n) is 19.5. The lowest BCUT2D eigenvalue weighted by atomic mass is 10.1. The average Bonchev–Trinajstić information content (AvgIpc) is 3.57. The lowest BCUT2D eigenvalue weighted by Gasteiger charge is -2.13. The number of nitrogens with zero attached hydrogens (tertiary/aromatic N) is 2. The molecule has 0 bridgehead atoms. The van der Waals surface area contributed by atoms with Gasteiger partial charge in [-0.25, -0.2) is 0 Å². The minimum absolute atomic E-state index is 0.517. The number of benzene rings is 3. The fourth-order valence-corrected chi connectivity index (χ4v) is 5.54. The van der Waals surface area contributed by atoms with Crippen LogP contribution in [0.2, 0.25) is 0 Å². The minimum atomic E-state index is 0.517. The van der Waals surface area contributed by atoms with E-state index in [-0.39, 0.29) is 0 Å². The molecule has 0 saturated carbocycles. The van der Waals surface area contributed by atoms with Gasteiger partial charge in [0.25, 0.3) is 0 Å². The molecule has 36 heavy (non-hydrogen) atoms. The Morgan fingerprint density at radius 3 is 2.67 bits per heavy atom. The number of pyridine rings is 1. The van der Waals surface area contributed by atoms with Gasteiger partial charge in [0, 0.05) is 63.4 Å². The number of hydrogen-bond acceptors (Lipinski definition) is 5. The lowest BCUT2D eigenvalue weighted by molar-refractivity contribution is 0.694. The van der Waals surface area contributed by atoms with Gasteiger partial charge in [0.15, 0.2) is 0 Å². The van der Waals surface area contributed by atoms with Gasteiger partial charge >= 0.3 is 0 Å². The molecule has 5 nitrogen and oxygen atoms in total. The van der Waals surface area contributed by atoms with Crippen LogP contribution in [0.3, 0.4) is 0 Å². The second kappa shape index (κ2) is 9.67. The molecule has 3 aromatic heterocycles. The van der Waals surface area contributed by atoms with E-state index < -0.39 is 0 Å². The van der Waals surface area contributed by atoms with Crippen molar-refractivity contribution < 1.29 is 0 Å². The molecule has 0 saturated heterocycles. The van der Waals surface area contributed by atoms with E-state index >= 15 is 0 Å². The summed E-state index contributed by atoms with van der Waals surface area (Å²) in [4.78, 5) is 8.70. The van der Waals surface area contributed by atoms with E-state index in [1.807, 2.05) is 42.7 Å². The number of fused-ring (bicyclic) bond motifs is 2. The molecule has 0 aliphatic rings. The zero-order valence-corrected chi connectivity index (χ0v) is 20.3. The van der Waals surface area contributed by atoms with Crippen LogP contribution in [0.25, 0.3) is 31.4 Å². The number of hydrogen-bond donors (Lipinski definition) is 3. The van der Waals surface area contributed by atoms with Gasteiger partial charge < -0.3 is 15.6 Å². The summed E-state index contributed by atoms with van der Waals surface area (Å²) in [7, 11) is 0. The van der Waals surface area contributed by atoms with Crippen LogP contribution in [0.1, 0.15) is 16.7 Å². The SMILES string of the molecule is N#Cc1cncc(-c2cc3cc(CNCc4ccccc4)ccc3s2)c1Nc1cccc2[nH]ccc12. The summed E-state index contributed by atoms with van der Waals surface area (Å²) in [5, 5.41) is 19.2. The van der Waals surface area contributed by atoms with E-state index in [0.29, 0.717) is 5.56 Å². The van der Waals surface area contributed by atoms with Gasteiger partial charge in [0.05, 0.1) is 11.3 Å². The molecule has 6 aromatic rings. The highest BCUT2D eigenvalue weighted by atomic mass is 32.1. The molecule has 0 unspecified atom stereocenters. The predicted molar refractivity (Wildman–Crippen MR) is 148 cm³/mol. The Labute approximate surface area is 213 Å². The van der Waals surface area contributed by atoms with Gasteiger partial charge in [0.1, 0.15) is 6.07 Å². The molecule has 0 aliphatic carbocycles. The number of rotatable bonds is 7. The second-order valence-corrected chi connectivity index (χ2v) is 9.75. The van der Waals surface area contributed by atoms with Crippen molar-refractivity contribution >= 4 is 43.7 Å². The predicted octanol–water partition coefficient (Wildman–Crippen LogP) is 7.35. The van der Waals surface area contributed by atoms with Crippen molar-refractivity contribution in [3.63, 3.8) is 0 Å². The lowest BCUT2D eigenvalue weighted by Crippen LogP contribution is -2.12. The maximum absolute atomic E-state index is 9.84. The first-order chi connectivity index (χ1) is 17.8. The fourth-order valence-electron chi connectivity index (χ4n) is 4.48. The monoisotopic (exact) mass is 485 g/mol. The van der Waals surface area contributed by atoms with Gasteiger partial charge in [-0.3, -0.25) is 4.98 Å². The number of aromatic amines is 1. The van der Waals surface area contributed by atoms with Crippen molar-refractivity contribution in [3.8, 4) is 16.5 Å². The quantitative estimate of drug-likeness (QED) is 0.221. The van der Waals surface area contributed by atoms with Gasteiger partial charge in [0.2, 0.25) is 0 Å². The zero-order chi connectivity index (χ0) is 24.3. The standard InChI is InChI=1S/C30H23N5S/c31-15-23-18-33-19-25(30(23)35-27-8-4-7-26-24(27)11-12-34-26)29-14-22-13-21(9-10-28(22)36-29)17-32-16-20-5-2-1-3-6-20/h1-14,18-19,32,34H,16-17H2,(H,33,35). The third kappa shape index (κ3) is 4.34. The highest BCUT2D eigenvalue weighted by Crippen LogP contribution is 2.40. The van der Waals surface area contributed by atoms with Gasteiger partial charge in [-0.05, 0) is 52.9 Å². The highest BCUT2D eigenvalue weighted by molar-refractivity contribution is 7.22. The van der Waals surface area contributed by atoms with Crippen LogP contribution in [0.5, 0.6) is 0 Å². The first kappa shape index (κ1) is 22.1. The van der Waals surface area contributed by atoms with Crippen LogP contribution in [-0.2, 0) is 13.1 Å². The van der Waals surface area contributed by atoms with E-state index in [1.54, 1.807) is 17.5 Å². The topological polar surface area (TPSA) is 76.5 Å². The smallest absolute Gasteiger partial charge is 0.103 e. The van der Waals surface area contributed by atoms with Crippen LogP contribution < -0.4 is 10.6 Å². The Morgan fingerprint density at radius 1 is 0.889 bits per heavy atom. The molecule has 3 N–H and O–H groups in total. The molecule has 0 aliphatic heterocycles. The molecule has 0 radical (unpaired) electrons. The van der Waals surface area contributed by atoms with Crippen LogP contribution in [-0.4, -0.2) is 9.97 Å². The van der Waals surface area contributed by atoms with Crippen LogP contribution in [0.15, 0.2) is 97.5 Å². The molecular weight excluding hydrogens is 462 g/mol. The van der Waals surface area contributed by atoms with Crippen LogP contribution >= 0.6 is 11.3 Å². The first-order valence-electron chi connectivity index (χ1n) is 11.8. The van der Waals surface area contributed by atoms with Crippen molar-refractivity contribution in [3.05, 3.63) is 114 Å². The normalized spacial score (nSPS) is 11.1. The largest absolute Gasteiger partial charge is 0.361 e. The van der Waals surface area contributed by atoms with Crippen LogP contribution in [0.4, 0.5) is 11.4 Å². The molecule has 174 valence electrons. The molecule has 6 heteroatoms.